The molecule has 28 heavy (non-hydrogen) atoms. The molecule has 0 saturated carbocycles. The molecule has 0 saturated heterocycles. The van der Waals surface area contributed by atoms with Crippen LogP contribution in [0.3, 0.4) is 0 Å². The quantitative estimate of drug-likeness (QED) is 0.341. The molecule has 0 bridgehead atoms. The lowest BCUT2D eigenvalue weighted by molar-refractivity contribution is -0.113. The van der Waals surface area contributed by atoms with Crippen LogP contribution in [-0.2, 0) is 9.53 Å². The minimum Gasteiger partial charge on any atom is -0.477 e. The fourth-order valence-corrected chi connectivity index (χ4v) is 3.64. The molecule has 1 aromatic heterocycles. The molecule has 5 N–H and O–H groups in total. The van der Waals surface area contributed by atoms with Crippen molar-refractivity contribution in [2.45, 2.75) is 6.42 Å². The lowest BCUT2D eigenvalue weighted by atomic mass is 10.1. The van der Waals surface area contributed by atoms with E-state index in [0.29, 0.717) is 18.0 Å². The number of rotatable bonds is 10. The van der Waals surface area contributed by atoms with Gasteiger partial charge in [0.1, 0.15) is 4.88 Å². The van der Waals surface area contributed by atoms with Crippen molar-refractivity contribution in [1.29, 1.82) is 0 Å². The number of hydrogen-bond donors (Lipinski definition) is 4. The van der Waals surface area contributed by atoms with E-state index in [-0.39, 0.29) is 27.8 Å². The maximum atomic E-state index is 12.4. The summed E-state index contributed by atoms with van der Waals surface area (Å²) < 4.78 is 4.95. The van der Waals surface area contributed by atoms with Crippen LogP contribution in [0.4, 0.5) is 17.1 Å². The van der Waals surface area contributed by atoms with Crippen LogP contribution in [0, 0.1) is 0 Å². The molecule has 0 aliphatic rings. The SMILES string of the molecule is COCCCSCC(=O)Nc1cc(C(=O)Nc2ccsc2C(=O)O)ccc1N. The number of anilines is 3. The van der Waals surface area contributed by atoms with Gasteiger partial charge in [-0.3, -0.25) is 9.59 Å². The van der Waals surface area contributed by atoms with Crippen LogP contribution in [0.2, 0.25) is 0 Å². The highest BCUT2D eigenvalue weighted by Crippen LogP contribution is 2.25. The van der Waals surface area contributed by atoms with Crippen LogP contribution in [0.25, 0.3) is 0 Å². The highest BCUT2D eigenvalue weighted by Gasteiger charge is 2.16. The Morgan fingerprint density at radius 2 is 2.00 bits per heavy atom. The summed E-state index contributed by atoms with van der Waals surface area (Å²) in [7, 11) is 1.63. The van der Waals surface area contributed by atoms with Crippen LogP contribution >= 0.6 is 23.1 Å². The average Bonchev–Trinajstić information content (AvgIpc) is 3.11. The first kappa shape index (κ1) is 21.7. The first-order valence-electron chi connectivity index (χ1n) is 8.30. The number of carboxylic acids is 1. The van der Waals surface area contributed by atoms with Crippen LogP contribution in [0.1, 0.15) is 26.5 Å². The Bertz CT molecular complexity index is 853. The molecule has 2 amide bonds. The summed E-state index contributed by atoms with van der Waals surface area (Å²) >= 11 is 2.50. The Balaban J connectivity index is 1.99. The number of carboxylic acid groups (broad SMARTS) is 1. The van der Waals surface area contributed by atoms with Crippen LogP contribution < -0.4 is 16.4 Å². The maximum absolute atomic E-state index is 12.4. The second-order valence-electron chi connectivity index (χ2n) is 5.67. The molecule has 150 valence electrons. The van der Waals surface area contributed by atoms with Gasteiger partial charge in [-0.15, -0.1) is 11.3 Å². The van der Waals surface area contributed by atoms with Gasteiger partial charge in [-0.1, -0.05) is 0 Å². The van der Waals surface area contributed by atoms with Gasteiger partial charge in [0.05, 0.1) is 22.8 Å². The van der Waals surface area contributed by atoms with E-state index in [1.807, 2.05) is 0 Å². The number of nitrogens with one attached hydrogen (secondary N) is 2. The number of carbonyl (C=O) groups excluding carboxylic acids is 2. The Morgan fingerprint density at radius 1 is 1.21 bits per heavy atom. The molecule has 0 radical (unpaired) electrons. The Morgan fingerprint density at radius 3 is 2.71 bits per heavy atom. The molecule has 0 spiro atoms. The van der Waals surface area contributed by atoms with E-state index in [2.05, 4.69) is 10.6 Å². The van der Waals surface area contributed by atoms with Crippen molar-refractivity contribution >= 4 is 57.9 Å². The predicted octanol–water partition coefficient (Wildman–Crippen LogP) is 2.99. The largest absolute Gasteiger partial charge is 0.477 e. The number of aromatic carboxylic acids is 1. The van der Waals surface area contributed by atoms with Gasteiger partial charge in [-0.05, 0) is 41.8 Å². The third kappa shape index (κ3) is 6.25. The van der Waals surface area contributed by atoms with Gasteiger partial charge in [0.25, 0.3) is 5.91 Å². The molecular weight excluding hydrogens is 402 g/mol. The summed E-state index contributed by atoms with van der Waals surface area (Å²) in [4.78, 5) is 35.7. The summed E-state index contributed by atoms with van der Waals surface area (Å²) in [6.07, 6.45) is 0.854. The van der Waals surface area contributed by atoms with Crippen molar-refractivity contribution in [2.24, 2.45) is 0 Å². The lowest BCUT2D eigenvalue weighted by Crippen LogP contribution is -2.17. The fraction of sp³-hybridized carbons (Fsp3) is 0.278. The van der Waals surface area contributed by atoms with Crippen LogP contribution in [0.15, 0.2) is 29.6 Å². The van der Waals surface area contributed by atoms with Crippen LogP contribution in [-0.4, -0.2) is 48.1 Å². The van der Waals surface area contributed by atoms with E-state index < -0.39 is 11.9 Å². The molecule has 0 unspecified atom stereocenters. The number of benzene rings is 1. The highest BCUT2D eigenvalue weighted by atomic mass is 32.2. The molecule has 2 rings (SSSR count). The molecule has 8 nitrogen and oxygen atoms in total. The van der Waals surface area contributed by atoms with Gasteiger partial charge in [0, 0.05) is 19.3 Å². The number of thiophene rings is 1. The van der Waals surface area contributed by atoms with Crippen molar-refractivity contribution in [3.05, 3.63) is 40.1 Å². The molecule has 0 aliphatic heterocycles. The first-order valence-corrected chi connectivity index (χ1v) is 10.3. The van der Waals surface area contributed by atoms with Crippen molar-refractivity contribution in [1.82, 2.24) is 0 Å². The van der Waals surface area contributed by atoms with Crippen molar-refractivity contribution < 1.29 is 24.2 Å². The molecule has 0 aliphatic carbocycles. The minimum absolute atomic E-state index is 0.0443. The van der Waals surface area contributed by atoms with Crippen molar-refractivity contribution in [3.8, 4) is 0 Å². The molecular formula is C18H21N3O5S2. The average molecular weight is 424 g/mol. The van der Waals surface area contributed by atoms with Gasteiger partial charge >= 0.3 is 5.97 Å². The molecule has 0 atom stereocenters. The molecule has 0 fully saturated rings. The summed E-state index contributed by atoms with van der Waals surface area (Å²) in [5.74, 6) is -0.774. The predicted molar refractivity (Wildman–Crippen MR) is 113 cm³/mol. The zero-order valence-corrected chi connectivity index (χ0v) is 16.8. The van der Waals surface area contributed by atoms with E-state index in [1.165, 1.54) is 36.0 Å². The number of nitrogen functional groups attached to an aromatic ring is 1. The Labute approximate surface area is 170 Å². The first-order chi connectivity index (χ1) is 13.4. The Kier molecular flexibility index (Phi) is 8.30. The summed E-state index contributed by atoms with van der Waals surface area (Å²) in [6, 6.07) is 6.01. The summed E-state index contributed by atoms with van der Waals surface area (Å²) in [6.45, 7) is 0.645. The normalized spacial score (nSPS) is 10.5. The van der Waals surface area contributed by atoms with E-state index in [0.717, 1.165) is 23.5 Å². The number of methoxy groups -OCH3 is 1. The number of thioether (sulfide) groups is 1. The third-order valence-corrected chi connectivity index (χ3v) is 5.51. The molecule has 10 heteroatoms. The number of carbonyl (C=O) groups is 3. The summed E-state index contributed by atoms with van der Waals surface area (Å²) in [5, 5.41) is 16.0. The minimum atomic E-state index is -1.11. The second kappa shape index (κ2) is 10.7. The van der Waals surface area contributed by atoms with Crippen molar-refractivity contribution in [2.75, 3.05) is 41.6 Å². The van der Waals surface area contributed by atoms with Gasteiger partial charge in [-0.2, -0.15) is 11.8 Å². The van der Waals surface area contributed by atoms with Crippen molar-refractivity contribution in [3.63, 3.8) is 0 Å². The number of hydrogen-bond acceptors (Lipinski definition) is 7. The topological polar surface area (TPSA) is 131 Å². The van der Waals surface area contributed by atoms with Gasteiger partial charge < -0.3 is 26.2 Å². The van der Waals surface area contributed by atoms with E-state index >= 15 is 0 Å². The van der Waals surface area contributed by atoms with Crippen LogP contribution in [0.5, 0.6) is 0 Å². The lowest BCUT2D eigenvalue weighted by Gasteiger charge is -2.11. The molecule has 1 aromatic carbocycles. The van der Waals surface area contributed by atoms with E-state index in [4.69, 9.17) is 15.6 Å². The van der Waals surface area contributed by atoms with Gasteiger partial charge in [0.2, 0.25) is 5.91 Å². The maximum Gasteiger partial charge on any atom is 0.348 e. The zero-order valence-electron chi connectivity index (χ0n) is 15.2. The third-order valence-electron chi connectivity index (χ3n) is 3.57. The van der Waals surface area contributed by atoms with Gasteiger partial charge in [0.15, 0.2) is 0 Å². The number of nitrogens with two attached hydrogens (primary N) is 1. The molecule has 2 aromatic rings. The van der Waals surface area contributed by atoms with E-state index in [1.54, 1.807) is 12.5 Å². The second-order valence-corrected chi connectivity index (χ2v) is 7.69. The van der Waals surface area contributed by atoms with E-state index in [9.17, 15) is 14.4 Å². The van der Waals surface area contributed by atoms with Gasteiger partial charge in [-0.25, -0.2) is 4.79 Å². The fourth-order valence-electron chi connectivity index (χ4n) is 2.23. The zero-order chi connectivity index (χ0) is 20.5. The smallest absolute Gasteiger partial charge is 0.348 e. The number of amides is 2. The highest BCUT2D eigenvalue weighted by molar-refractivity contribution is 7.99. The Hall–Kier alpha value is -2.56. The standard InChI is InChI=1S/C18H21N3O5S2/c1-26-6-2-7-27-10-15(22)20-14-9-11(3-4-12(14)19)17(23)21-13-5-8-28-16(13)18(24)25/h3-5,8-9H,2,6-7,10,19H2,1H3,(H,20,22)(H,21,23)(H,24,25). The molecule has 1 heterocycles. The number of ether oxygens (including phenoxy) is 1. The summed E-state index contributed by atoms with van der Waals surface area (Å²) in [5.41, 5.74) is 7.02. The monoisotopic (exact) mass is 423 g/mol.